The van der Waals surface area contributed by atoms with Gasteiger partial charge in [-0.05, 0) is 55.2 Å². The standard InChI is InChI=1S/C22H23F3N2O2/c1-2-15-6-8-17(9-7-15)21(29)27-12-10-16(11-13-27)20(28)26-19-5-3-4-18(14-19)22(23,24)25/h3-9,14,16H,2,10-13H2,1H3,(H,26,28). The van der Waals surface area contributed by atoms with Crippen LogP contribution in [0.3, 0.4) is 0 Å². The summed E-state index contributed by atoms with van der Waals surface area (Å²) < 4.78 is 38.4. The highest BCUT2D eigenvalue weighted by Crippen LogP contribution is 2.31. The van der Waals surface area contributed by atoms with Crippen molar-refractivity contribution in [3.8, 4) is 0 Å². The Morgan fingerprint density at radius 3 is 2.31 bits per heavy atom. The Hall–Kier alpha value is -2.83. The first-order valence-electron chi connectivity index (χ1n) is 9.64. The predicted octanol–water partition coefficient (Wildman–Crippen LogP) is 4.76. The number of carbonyl (C=O) groups excluding carboxylic acids is 2. The van der Waals surface area contributed by atoms with Crippen molar-refractivity contribution in [2.75, 3.05) is 18.4 Å². The maximum atomic E-state index is 12.8. The van der Waals surface area contributed by atoms with E-state index in [-0.39, 0.29) is 23.4 Å². The number of hydrogen-bond acceptors (Lipinski definition) is 2. The molecule has 1 N–H and O–H groups in total. The molecule has 29 heavy (non-hydrogen) atoms. The molecule has 0 bridgehead atoms. The molecule has 0 atom stereocenters. The molecule has 1 aliphatic rings. The van der Waals surface area contributed by atoms with Crippen molar-refractivity contribution in [2.45, 2.75) is 32.4 Å². The van der Waals surface area contributed by atoms with Gasteiger partial charge in [0.1, 0.15) is 0 Å². The summed E-state index contributed by atoms with van der Waals surface area (Å²) in [6.07, 6.45) is -2.60. The average Bonchev–Trinajstić information content (AvgIpc) is 2.73. The number of amides is 2. The molecule has 0 saturated carbocycles. The molecule has 0 radical (unpaired) electrons. The monoisotopic (exact) mass is 404 g/mol. The number of anilines is 1. The zero-order valence-electron chi connectivity index (χ0n) is 16.1. The van der Waals surface area contributed by atoms with Gasteiger partial charge in [0.15, 0.2) is 0 Å². The minimum atomic E-state index is -4.46. The zero-order valence-corrected chi connectivity index (χ0v) is 16.1. The Morgan fingerprint density at radius 1 is 1.07 bits per heavy atom. The van der Waals surface area contributed by atoms with Crippen LogP contribution in [0.25, 0.3) is 0 Å². The summed E-state index contributed by atoms with van der Waals surface area (Å²) in [5.41, 5.74) is 1.10. The molecule has 1 saturated heterocycles. The molecule has 3 rings (SSSR count). The second kappa shape index (κ2) is 8.68. The summed E-state index contributed by atoms with van der Waals surface area (Å²) in [7, 11) is 0. The van der Waals surface area contributed by atoms with Crippen LogP contribution in [0, 0.1) is 5.92 Å². The minimum absolute atomic E-state index is 0.0654. The summed E-state index contributed by atoms with van der Waals surface area (Å²) in [6, 6.07) is 12.1. The normalized spacial score (nSPS) is 15.2. The van der Waals surface area contributed by atoms with Gasteiger partial charge in [0, 0.05) is 30.3 Å². The number of rotatable bonds is 4. The fraction of sp³-hybridized carbons (Fsp3) is 0.364. The maximum absolute atomic E-state index is 12.8. The van der Waals surface area contributed by atoms with Crippen LogP contribution in [0.4, 0.5) is 18.9 Å². The number of nitrogens with zero attached hydrogens (tertiary/aromatic N) is 1. The molecule has 0 aliphatic carbocycles. The summed E-state index contributed by atoms with van der Waals surface area (Å²) in [5.74, 6) is -0.718. The lowest BCUT2D eigenvalue weighted by Gasteiger charge is -2.31. The lowest BCUT2D eigenvalue weighted by molar-refractivity contribution is -0.137. The molecule has 1 fully saturated rings. The predicted molar refractivity (Wildman–Crippen MR) is 105 cm³/mol. The molecule has 1 aliphatic heterocycles. The lowest BCUT2D eigenvalue weighted by atomic mass is 9.95. The third-order valence-corrected chi connectivity index (χ3v) is 5.22. The summed E-state index contributed by atoms with van der Waals surface area (Å²) in [5, 5.41) is 2.57. The van der Waals surface area contributed by atoms with Gasteiger partial charge < -0.3 is 10.2 Å². The van der Waals surface area contributed by atoms with E-state index in [0.29, 0.717) is 31.5 Å². The topological polar surface area (TPSA) is 49.4 Å². The smallest absolute Gasteiger partial charge is 0.339 e. The van der Waals surface area contributed by atoms with Crippen LogP contribution in [-0.2, 0) is 17.4 Å². The van der Waals surface area contributed by atoms with E-state index in [1.54, 1.807) is 4.90 Å². The van der Waals surface area contributed by atoms with Crippen LogP contribution in [0.1, 0.15) is 41.3 Å². The number of halogens is 3. The van der Waals surface area contributed by atoms with Gasteiger partial charge in [-0.3, -0.25) is 9.59 Å². The molecule has 0 aromatic heterocycles. The van der Waals surface area contributed by atoms with Crippen LogP contribution in [-0.4, -0.2) is 29.8 Å². The Kier molecular flexibility index (Phi) is 6.25. The first-order valence-corrected chi connectivity index (χ1v) is 9.64. The van der Waals surface area contributed by atoms with Crippen LogP contribution < -0.4 is 5.32 Å². The molecule has 2 aromatic rings. The Bertz CT molecular complexity index is 870. The largest absolute Gasteiger partial charge is 0.416 e. The number of nitrogens with one attached hydrogen (secondary N) is 1. The molecule has 1 heterocycles. The Labute approximate surface area is 167 Å². The van der Waals surface area contributed by atoms with Crippen molar-refractivity contribution in [1.29, 1.82) is 0 Å². The van der Waals surface area contributed by atoms with Gasteiger partial charge in [0.05, 0.1) is 5.56 Å². The molecule has 2 amide bonds. The number of hydrogen-bond donors (Lipinski definition) is 1. The number of piperidine rings is 1. The zero-order chi connectivity index (χ0) is 21.0. The van der Waals surface area contributed by atoms with Gasteiger partial charge in [0.25, 0.3) is 5.91 Å². The fourth-order valence-corrected chi connectivity index (χ4v) is 3.43. The van der Waals surface area contributed by atoms with E-state index in [1.165, 1.54) is 12.1 Å². The van der Waals surface area contributed by atoms with Crippen LogP contribution in [0.5, 0.6) is 0 Å². The molecule has 2 aromatic carbocycles. The van der Waals surface area contributed by atoms with Gasteiger partial charge in [-0.15, -0.1) is 0 Å². The van der Waals surface area contributed by atoms with Crippen molar-refractivity contribution in [3.63, 3.8) is 0 Å². The maximum Gasteiger partial charge on any atom is 0.416 e. The van der Waals surface area contributed by atoms with Crippen molar-refractivity contribution in [2.24, 2.45) is 5.92 Å². The van der Waals surface area contributed by atoms with Gasteiger partial charge in [-0.25, -0.2) is 0 Å². The second-order valence-corrected chi connectivity index (χ2v) is 7.18. The second-order valence-electron chi connectivity index (χ2n) is 7.18. The van der Waals surface area contributed by atoms with Crippen molar-refractivity contribution >= 4 is 17.5 Å². The van der Waals surface area contributed by atoms with Crippen molar-refractivity contribution in [3.05, 3.63) is 65.2 Å². The minimum Gasteiger partial charge on any atom is -0.339 e. The third-order valence-electron chi connectivity index (χ3n) is 5.22. The summed E-state index contributed by atoms with van der Waals surface area (Å²) in [6.45, 7) is 2.93. The molecular formula is C22H23F3N2O2. The lowest BCUT2D eigenvalue weighted by Crippen LogP contribution is -2.41. The van der Waals surface area contributed by atoms with E-state index in [4.69, 9.17) is 0 Å². The van der Waals surface area contributed by atoms with Gasteiger partial charge >= 0.3 is 6.18 Å². The van der Waals surface area contributed by atoms with E-state index in [1.807, 2.05) is 31.2 Å². The number of carbonyl (C=O) groups is 2. The molecule has 7 heteroatoms. The molecule has 154 valence electrons. The Morgan fingerprint density at radius 2 is 1.72 bits per heavy atom. The summed E-state index contributed by atoms with van der Waals surface area (Å²) >= 11 is 0. The first-order chi connectivity index (χ1) is 13.8. The SMILES string of the molecule is CCc1ccc(C(=O)N2CCC(C(=O)Nc3cccc(C(F)(F)F)c3)CC2)cc1. The highest BCUT2D eigenvalue weighted by molar-refractivity contribution is 5.95. The number of benzene rings is 2. The molecule has 0 spiro atoms. The van der Waals surface area contributed by atoms with E-state index in [2.05, 4.69) is 5.32 Å². The average molecular weight is 404 g/mol. The van der Waals surface area contributed by atoms with Gasteiger partial charge in [-0.2, -0.15) is 13.2 Å². The van der Waals surface area contributed by atoms with E-state index in [0.717, 1.165) is 24.1 Å². The van der Waals surface area contributed by atoms with Crippen LogP contribution in [0.15, 0.2) is 48.5 Å². The van der Waals surface area contributed by atoms with E-state index >= 15 is 0 Å². The molecular weight excluding hydrogens is 381 g/mol. The number of aryl methyl sites for hydroxylation is 1. The highest BCUT2D eigenvalue weighted by atomic mass is 19.4. The van der Waals surface area contributed by atoms with Crippen LogP contribution >= 0.6 is 0 Å². The summed E-state index contributed by atoms with van der Waals surface area (Å²) in [4.78, 5) is 26.8. The van der Waals surface area contributed by atoms with Crippen molar-refractivity contribution in [1.82, 2.24) is 4.90 Å². The Balaban J connectivity index is 1.56. The fourth-order valence-electron chi connectivity index (χ4n) is 3.43. The first kappa shape index (κ1) is 20.9. The van der Waals surface area contributed by atoms with Gasteiger partial charge in [0.2, 0.25) is 5.91 Å². The van der Waals surface area contributed by atoms with E-state index < -0.39 is 11.7 Å². The highest BCUT2D eigenvalue weighted by Gasteiger charge is 2.31. The number of likely N-dealkylation sites (tertiary alicyclic amines) is 1. The van der Waals surface area contributed by atoms with Gasteiger partial charge in [-0.1, -0.05) is 25.1 Å². The third kappa shape index (κ3) is 5.16. The quantitative estimate of drug-likeness (QED) is 0.799. The number of alkyl halides is 3. The van der Waals surface area contributed by atoms with Crippen LogP contribution in [0.2, 0.25) is 0 Å². The van der Waals surface area contributed by atoms with E-state index in [9.17, 15) is 22.8 Å². The van der Waals surface area contributed by atoms with Crippen molar-refractivity contribution < 1.29 is 22.8 Å². The molecule has 4 nitrogen and oxygen atoms in total. The molecule has 0 unspecified atom stereocenters.